The van der Waals surface area contributed by atoms with E-state index in [1.165, 1.54) is 0 Å². The smallest absolute Gasteiger partial charge is 0.180 e. The van der Waals surface area contributed by atoms with Crippen molar-refractivity contribution in [2.45, 2.75) is 40.7 Å². The molecular weight excluding hydrogens is 238 g/mol. The van der Waals surface area contributed by atoms with Gasteiger partial charge in [0, 0.05) is 24.3 Å². The molecule has 0 bridgehead atoms. The lowest BCUT2D eigenvalue weighted by molar-refractivity contribution is 0.762. The maximum absolute atomic E-state index is 4.67. The molecule has 0 aliphatic carbocycles. The summed E-state index contributed by atoms with van der Waals surface area (Å²) in [7, 11) is 0. The van der Waals surface area contributed by atoms with E-state index >= 15 is 0 Å². The predicted molar refractivity (Wildman–Crippen MR) is 77.2 cm³/mol. The Morgan fingerprint density at radius 3 is 2.63 bits per heavy atom. The van der Waals surface area contributed by atoms with E-state index in [1.807, 2.05) is 12.5 Å². The van der Waals surface area contributed by atoms with Gasteiger partial charge in [0.2, 0.25) is 0 Å². The van der Waals surface area contributed by atoms with E-state index in [0.29, 0.717) is 0 Å². The lowest BCUT2D eigenvalue weighted by atomic mass is 10.2. The van der Waals surface area contributed by atoms with Crippen molar-refractivity contribution in [2.24, 2.45) is 0 Å². The summed E-state index contributed by atoms with van der Waals surface area (Å²) in [5.74, 6) is 1.67. The standard InChI is InChI=1S/C14H21N5/c1-5-11-10(4)13(16-6-2)18-14(17-11)12-8-15-9-19(12)7-3/h8-9H,5-7H2,1-4H3,(H,16,17,18). The van der Waals surface area contributed by atoms with E-state index in [9.17, 15) is 0 Å². The zero-order valence-corrected chi connectivity index (χ0v) is 12.1. The number of anilines is 1. The number of nitrogens with zero attached hydrogens (tertiary/aromatic N) is 4. The van der Waals surface area contributed by atoms with Crippen molar-refractivity contribution in [1.82, 2.24) is 19.5 Å². The van der Waals surface area contributed by atoms with Crippen LogP contribution in [0.25, 0.3) is 11.5 Å². The molecule has 0 fully saturated rings. The van der Waals surface area contributed by atoms with Gasteiger partial charge in [-0.3, -0.25) is 0 Å². The highest BCUT2D eigenvalue weighted by molar-refractivity contribution is 5.56. The fourth-order valence-electron chi connectivity index (χ4n) is 2.12. The molecule has 0 atom stereocenters. The second-order valence-corrected chi connectivity index (χ2v) is 4.42. The molecule has 0 amide bonds. The first kappa shape index (κ1) is 13.5. The largest absolute Gasteiger partial charge is 0.370 e. The fourth-order valence-corrected chi connectivity index (χ4v) is 2.12. The molecule has 2 aromatic rings. The van der Waals surface area contributed by atoms with Crippen molar-refractivity contribution in [3.05, 3.63) is 23.8 Å². The minimum atomic E-state index is 0.748. The van der Waals surface area contributed by atoms with Gasteiger partial charge >= 0.3 is 0 Å². The van der Waals surface area contributed by atoms with Gasteiger partial charge in [-0.15, -0.1) is 0 Å². The van der Waals surface area contributed by atoms with Gasteiger partial charge in [0.1, 0.15) is 11.5 Å². The average Bonchev–Trinajstić information content (AvgIpc) is 2.89. The van der Waals surface area contributed by atoms with E-state index in [2.05, 4.69) is 52.5 Å². The monoisotopic (exact) mass is 259 g/mol. The second-order valence-electron chi connectivity index (χ2n) is 4.42. The number of imidazole rings is 1. The first-order chi connectivity index (χ1) is 9.21. The molecule has 2 aromatic heterocycles. The van der Waals surface area contributed by atoms with Crippen LogP contribution in [0.2, 0.25) is 0 Å². The molecule has 0 saturated heterocycles. The number of rotatable bonds is 5. The minimum absolute atomic E-state index is 0.748. The van der Waals surface area contributed by atoms with E-state index in [4.69, 9.17) is 0 Å². The van der Waals surface area contributed by atoms with Gasteiger partial charge in [0.25, 0.3) is 0 Å². The molecule has 2 rings (SSSR count). The summed E-state index contributed by atoms with van der Waals surface area (Å²) in [6.07, 6.45) is 4.54. The molecular formula is C14H21N5. The third-order valence-corrected chi connectivity index (χ3v) is 3.21. The van der Waals surface area contributed by atoms with Crippen LogP contribution < -0.4 is 5.32 Å². The Labute approximate surface area is 114 Å². The van der Waals surface area contributed by atoms with Crippen molar-refractivity contribution in [2.75, 3.05) is 11.9 Å². The number of aryl methyl sites for hydroxylation is 2. The van der Waals surface area contributed by atoms with Crippen LogP contribution in [-0.4, -0.2) is 26.1 Å². The van der Waals surface area contributed by atoms with Crippen molar-refractivity contribution in [1.29, 1.82) is 0 Å². The fraction of sp³-hybridized carbons (Fsp3) is 0.500. The van der Waals surface area contributed by atoms with Crippen LogP contribution in [-0.2, 0) is 13.0 Å². The van der Waals surface area contributed by atoms with E-state index in [-0.39, 0.29) is 0 Å². The molecule has 19 heavy (non-hydrogen) atoms. The van der Waals surface area contributed by atoms with Crippen LogP contribution in [0.4, 0.5) is 5.82 Å². The zero-order valence-electron chi connectivity index (χ0n) is 12.1. The highest BCUT2D eigenvalue weighted by Gasteiger charge is 2.13. The maximum atomic E-state index is 4.67. The highest BCUT2D eigenvalue weighted by Crippen LogP contribution is 2.22. The van der Waals surface area contributed by atoms with Crippen LogP contribution in [0, 0.1) is 6.92 Å². The van der Waals surface area contributed by atoms with Gasteiger partial charge in [-0.1, -0.05) is 6.92 Å². The minimum Gasteiger partial charge on any atom is -0.370 e. The summed E-state index contributed by atoms with van der Waals surface area (Å²) in [5.41, 5.74) is 3.19. The van der Waals surface area contributed by atoms with Gasteiger partial charge < -0.3 is 9.88 Å². The predicted octanol–water partition coefficient (Wildman–Crippen LogP) is 2.66. The third kappa shape index (κ3) is 2.59. The van der Waals surface area contributed by atoms with E-state index in [0.717, 1.165) is 48.1 Å². The van der Waals surface area contributed by atoms with E-state index in [1.54, 1.807) is 0 Å². The van der Waals surface area contributed by atoms with Crippen molar-refractivity contribution < 1.29 is 0 Å². The van der Waals surface area contributed by atoms with Crippen LogP contribution in [0.3, 0.4) is 0 Å². The Morgan fingerprint density at radius 2 is 2.00 bits per heavy atom. The van der Waals surface area contributed by atoms with Crippen LogP contribution in [0.15, 0.2) is 12.5 Å². The first-order valence-corrected chi connectivity index (χ1v) is 6.83. The summed E-state index contributed by atoms with van der Waals surface area (Å²) >= 11 is 0. The zero-order chi connectivity index (χ0) is 13.8. The molecule has 5 nitrogen and oxygen atoms in total. The molecule has 0 spiro atoms. The molecule has 0 aromatic carbocycles. The number of nitrogens with one attached hydrogen (secondary N) is 1. The van der Waals surface area contributed by atoms with Crippen molar-refractivity contribution >= 4 is 5.82 Å². The lowest BCUT2D eigenvalue weighted by Crippen LogP contribution is -2.09. The summed E-state index contributed by atoms with van der Waals surface area (Å²) in [6, 6.07) is 0. The Balaban J connectivity index is 2.54. The normalized spacial score (nSPS) is 10.7. The summed E-state index contributed by atoms with van der Waals surface area (Å²) < 4.78 is 2.06. The van der Waals surface area contributed by atoms with Crippen molar-refractivity contribution in [3.63, 3.8) is 0 Å². The van der Waals surface area contributed by atoms with E-state index < -0.39 is 0 Å². The van der Waals surface area contributed by atoms with Crippen LogP contribution in [0.1, 0.15) is 32.0 Å². The Morgan fingerprint density at radius 1 is 1.21 bits per heavy atom. The van der Waals surface area contributed by atoms with Gasteiger partial charge in [-0.2, -0.15) is 0 Å². The van der Waals surface area contributed by atoms with Gasteiger partial charge in [-0.25, -0.2) is 15.0 Å². The maximum Gasteiger partial charge on any atom is 0.180 e. The van der Waals surface area contributed by atoms with Gasteiger partial charge in [-0.05, 0) is 27.2 Å². The molecule has 0 aliphatic heterocycles. The Bertz CT molecular complexity index is 559. The second kappa shape index (κ2) is 5.82. The molecule has 1 N–H and O–H groups in total. The summed E-state index contributed by atoms with van der Waals surface area (Å²) in [6.45, 7) is 10.1. The molecule has 0 unspecified atom stereocenters. The van der Waals surface area contributed by atoms with Gasteiger partial charge in [0.15, 0.2) is 5.82 Å². The van der Waals surface area contributed by atoms with Gasteiger partial charge in [0.05, 0.1) is 12.5 Å². The lowest BCUT2D eigenvalue weighted by Gasteiger charge is -2.13. The van der Waals surface area contributed by atoms with Crippen molar-refractivity contribution in [3.8, 4) is 11.5 Å². The Hall–Kier alpha value is -1.91. The summed E-state index contributed by atoms with van der Waals surface area (Å²) in [5, 5.41) is 3.31. The van der Waals surface area contributed by atoms with Crippen LogP contribution >= 0.6 is 0 Å². The first-order valence-electron chi connectivity index (χ1n) is 6.83. The highest BCUT2D eigenvalue weighted by atomic mass is 15.1. The number of aromatic nitrogens is 4. The number of hydrogen-bond donors (Lipinski definition) is 1. The third-order valence-electron chi connectivity index (χ3n) is 3.21. The quantitative estimate of drug-likeness (QED) is 0.897. The average molecular weight is 259 g/mol. The molecule has 0 aliphatic rings. The molecule has 5 heteroatoms. The SMILES string of the molecule is CCNc1nc(-c2cncn2CC)nc(CC)c1C. The Kier molecular flexibility index (Phi) is 4.14. The molecule has 0 saturated carbocycles. The molecule has 2 heterocycles. The topological polar surface area (TPSA) is 55.6 Å². The van der Waals surface area contributed by atoms with Crippen LogP contribution in [0.5, 0.6) is 0 Å². The summed E-state index contributed by atoms with van der Waals surface area (Å²) in [4.78, 5) is 13.5. The molecule has 102 valence electrons. The molecule has 0 radical (unpaired) electrons. The number of hydrogen-bond acceptors (Lipinski definition) is 4.